The van der Waals surface area contributed by atoms with E-state index in [1.165, 1.54) is 24.3 Å². The molecule has 0 bridgehead atoms. The highest BCUT2D eigenvalue weighted by Crippen LogP contribution is 2.37. The first-order valence-electron chi connectivity index (χ1n) is 12.3. The van der Waals surface area contributed by atoms with Crippen molar-refractivity contribution >= 4 is 22.4 Å². The van der Waals surface area contributed by atoms with Crippen LogP contribution >= 0.6 is 0 Å². The van der Waals surface area contributed by atoms with Crippen molar-refractivity contribution in [3.8, 4) is 17.2 Å². The van der Waals surface area contributed by atoms with E-state index in [4.69, 9.17) is 16.0 Å². The molecule has 0 radical (unpaired) electrons. The van der Waals surface area contributed by atoms with Gasteiger partial charge in [-0.15, -0.1) is 0 Å². The lowest BCUT2D eigenvalue weighted by Gasteiger charge is -2.13. The van der Waals surface area contributed by atoms with Crippen molar-refractivity contribution in [3.63, 3.8) is 0 Å². The number of halogens is 2. The molecule has 1 aromatic heterocycles. The Morgan fingerprint density at radius 1 is 1.03 bits per heavy atom. The largest absolute Gasteiger partial charge is 0.504 e. The zero-order valence-corrected chi connectivity index (χ0v) is 21.0. The van der Waals surface area contributed by atoms with E-state index in [1.807, 2.05) is 6.92 Å². The van der Waals surface area contributed by atoms with Crippen molar-refractivity contribution in [3.05, 3.63) is 101 Å². The van der Waals surface area contributed by atoms with E-state index in [-0.39, 0.29) is 35.8 Å². The summed E-state index contributed by atoms with van der Waals surface area (Å²) in [4.78, 5) is 20.4. The van der Waals surface area contributed by atoms with Crippen LogP contribution in [0.25, 0.3) is 15.7 Å². The van der Waals surface area contributed by atoms with Crippen molar-refractivity contribution in [1.82, 2.24) is 10.3 Å². The van der Waals surface area contributed by atoms with Crippen molar-refractivity contribution in [1.29, 1.82) is 0 Å². The SMILES string of the molecule is [C-]#[N+]c1cc2c(Oc3ccc(CC(=O)Cc4ccc(F)cc4)c(F)c3)ccnc2cc1OCCCNCC. The summed E-state index contributed by atoms with van der Waals surface area (Å²) in [5.74, 6) is -0.0103. The number of pyridine rings is 1. The van der Waals surface area contributed by atoms with E-state index in [0.29, 0.717) is 40.3 Å². The first kappa shape index (κ1) is 26.7. The number of hydrogen-bond acceptors (Lipinski definition) is 5. The molecular weight excluding hydrogens is 488 g/mol. The number of hydrogen-bond donors (Lipinski definition) is 1. The predicted molar refractivity (Wildman–Crippen MR) is 142 cm³/mol. The lowest BCUT2D eigenvalue weighted by molar-refractivity contribution is -0.117. The van der Waals surface area contributed by atoms with Gasteiger partial charge in [0.05, 0.1) is 18.7 Å². The topological polar surface area (TPSA) is 64.8 Å². The molecule has 0 saturated heterocycles. The third-order valence-electron chi connectivity index (χ3n) is 5.86. The lowest BCUT2D eigenvalue weighted by Crippen LogP contribution is -2.16. The Kier molecular flexibility index (Phi) is 8.96. The Balaban J connectivity index is 1.47. The second-order valence-corrected chi connectivity index (χ2v) is 8.69. The first-order chi connectivity index (χ1) is 18.5. The fourth-order valence-corrected chi connectivity index (χ4v) is 3.95. The molecule has 194 valence electrons. The Hall–Kier alpha value is -4.35. The van der Waals surface area contributed by atoms with Crippen LogP contribution in [-0.2, 0) is 17.6 Å². The van der Waals surface area contributed by atoms with Gasteiger partial charge in [-0.1, -0.05) is 25.1 Å². The number of ketones is 1. The molecule has 6 nitrogen and oxygen atoms in total. The molecule has 0 amide bonds. The average molecular weight is 516 g/mol. The van der Waals surface area contributed by atoms with Crippen LogP contribution in [0.3, 0.4) is 0 Å². The van der Waals surface area contributed by atoms with Gasteiger partial charge in [0.15, 0.2) is 0 Å². The Morgan fingerprint density at radius 2 is 1.84 bits per heavy atom. The highest BCUT2D eigenvalue weighted by molar-refractivity contribution is 5.91. The monoisotopic (exact) mass is 515 g/mol. The Bertz CT molecular complexity index is 1470. The molecule has 4 aromatic rings. The molecule has 0 unspecified atom stereocenters. The van der Waals surface area contributed by atoms with Crippen molar-refractivity contribution < 1.29 is 23.0 Å². The third-order valence-corrected chi connectivity index (χ3v) is 5.86. The molecule has 8 heteroatoms. The maximum Gasteiger partial charge on any atom is 0.229 e. The summed E-state index contributed by atoms with van der Waals surface area (Å²) < 4.78 is 39.7. The van der Waals surface area contributed by atoms with Gasteiger partial charge in [0, 0.05) is 30.5 Å². The maximum absolute atomic E-state index is 14.8. The number of carbonyl (C=O) groups is 1. The van der Waals surface area contributed by atoms with Crippen LogP contribution < -0.4 is 14.8 Å². The van der Waals surface area contributed by atoms with Crippen molar-refractivity contribution in [2.45, 2.75) is 26.2 Å². The molecular formula is C30H27F2N3O3. The number of carbonyl (C=O) groups excluding carboxylic acids is 1. The summed E-state index contributed by atoms with van der Waals surface area (Å²) in [5, 5.41) is 3.82. The molecule has 0 aliphatic carbocycles. The quantitative estimate of drug-likeness (QED) is 0.170. The van der Waals surface area contributed by atoms with E-state index in [9.17, 15) is 13.6 Å². The van der Waals surface area contributed by atoms with E-state index >= 15 is 0 Å². The van der Waals surface area contributed by atoms with Gasteiger partial charge in [0.1, 0.15) is 34.7 Å². The van der Waals surface area contributed by atoms with Gasteiger partial charge in [-0.2, -0.15) is 0 Å². The lowest BCUT2D eigenvalue weighted by atomic mass is 10.0. The number of Topliss-reactive ketones (excluding diaryl/α,β-unsaturated/α-hetero) is 1. The van der Waals surface area contributed by atoms with Gasteiger partial charge in [-0.3, -0.25) is 9.78 Å². The molecule has 0 saturated carbocycles. The fourth-order valence-electron chi connectivity index (χ4n) is 3.95. The summed E-state index contributed by atoms with van der Waals surface area (Å²) in [6.07, 6.45) is 2.38. The van der Waals surface area contributed by atoms with Crippen LogP contribution in [-0.4, -0.2) is 30.5 Å². The van der Waals surface area contributed by atoms with Crippen molar-refractivity contribution in [2.24, 2.45) is 0 Å². The van der Waals surface area contributed by atoms with Crippen LogP contribution in [0, 0.1) is 18.2 Å². The number of benzene rings is 3. The van der Waals surface area contributed by atoms with Gasteiger partial charge in [-0.25, -0.2) is 13.6 Å². The highest BCUT2D eigenvalue weighted by Gasteiger charge is 2.14. The number of fused-ring (bicyclic) bond motifs is 1. The molecule has 3 aromatic carbocycles. The summed E-state index contributed by atoms with van der Waals surface area (Å²) in [5.41, 5.74) is 1.83. The number of nitrogens with one attached hydrogen (secondary N) is 1. The standard InChI is InChI=1S/C30H27F2N3O3/c1-3-34-12-4-14-37-30-19-27-25(18-28(30)33-2)29(11-13-35-27)38-24-10-7-21(26(32)17-24)16-23(36)15-20-5-8-22(31)9-6-20/h5-11,13,17-19,34H,3-4,12,14-16H2,1H3. The molecule has 4 rings (SSSR count). The normalized spacial score (nSPS) is 10.8. The van der Waals surface area contributed by atoms with E-state index < -0.39 is 5.82 Å². The zero-order chi connectivity index (χ0) is 26.9. The van der Waals surface area contributed by atoms with Gasteiger partial charge >= 0.3 is 0 Å². The van der Waals surface area contributed by atoms with Crippen LogP contribution in [0.1, 0.15) is 24.5 Å². The molecule has 0 atom stereocenters. The highest BCUT2D eigenvalue weighted by atomic mass is 19.1. The number of nitrogens with zero attached hydrogens (tertiary/aromatic N) is 2. The van der Waals surface area contributed by atoms with Gasteiger partial charge in [-0.05, 0) is 67.0 Å². The molecule has 1 heterocycles. The number of rotatable bonds is 12. The van der Waals surface area contributed by atoms with Gasteiger partial charge in [0.2, 0.25) is 5.69 Å². The summed E-state index contributed by atoms with van der Waals surface area (Å²) in [6, 6.07) is 15.0. The second kappa shape index (κ2) is 12.7. The summed E-state index contributed by atoms with van der Waals surface area (Å²) >= 11 is 0. The zero-order valence-electron chi connectivity index (χ0n) is 21.0. The summed E-state index contributed by atoms with van der Waals surface area (Å²) in [7, 11) is 0. The fraction of sp³-hybridized carbons (Fsp3) is 0.233. The molecule has 0 spiro atoms. The molecule has 0 aliphatic heterocycles. The van der Waals surface area contributed by atoms with Crippen LogP contribution in [0.2, 0.25) is 0 Å². The van der Waals surface area contributed by atoms with Gasteiger partial charge in [0.25, 0.3) is 0 Å². The Labute approximate surface area is 220 Å². The minimum Gasteiger partial charge on any atom is -0.504 e. The van der Waals surface area contributed by atoms with Crippen LogP contribution in [0.5, 0.6) is 17.2 Å². The Morgan fingerprint density at radius 3 is 2.58 bits per heavy atom. The van der Waals surface area contributed by atoms with E-state index in [0.717, 1.165) is 19.5 Å². The molecule has 0 aliphatic rings. The molecule has 38 heavy (non-hydrogen) atoms. The first-order valence-corrected chi connectivity index (χ1v) is 12.3. The maximum atomic E-state index is 14.8. The number of ether oxygens (including phenoxy) is 2. The van der Waals surface area contributed by atoms with E-state index in [1.54, 1.807) is 42.6 Å². The second-order valence-electron chi connectivity index (χ2n) is 8.69. The molecule has 0 fully saturated rings. The smallest absolute Gasteiger partial charge is 0.229 e. The molecule has 1 N–H and O–H groups in total. The summed E-state index contributed by atoms with van der Waals surface area (Å²) in [6.45, 7) is 11.8. The van der Waals surface area contributed by atoms with E-state index in [2.05, 4.69) is 15.1 Å². The minimum absolute atomic E-state index is 0.0890. The van der Waals surface area contributed by atoms with Crippen LogP contribution in [0.4, 0.5) is 14.5 Å². The number of aromatic nitrogens is 1. The van der Waals surface area contributed by atoms with Gasteiger partial charge < -0.3 is 14.8 Å². The van der Waals surface area contributed by atoms with Crippen molar-refractivity contribution in [2.75, 3.05) is 19.7 Å². The predicted octanol–water partition coefficient (Wildman–Crippen LogP) is 6.59. The minimum atomic E-state index is -0.566. The average Bonchev–Trinajstić information content (AvgIpc) is 2.91. The third kappa shape index (κ3) is 6.90. The van der Waals surface area contributed by atoms with Crippen LogP contribution in [0.15, 0.2) is 66.9 Å².